The molecular weight excluding hydrogens is 422 g/mol. The molecule has 0 bridgehead atoms. The van der Waals surface area contributed by atoms with Crippen molar-refractivity contribution in [3.63, 3.8) is 0 Å². The second-order valence-electron chi connectivity index (χ2n) is 8.71. The van der Waals surface area contributed by atoms with Gasteiger partial charge in [0.15, 0.2) is 11.5 Å². The molecule has 0 aromatic heterocycles. The fourth-order valence-corrected chi connectivity index (χ4v) is 3.82. The van der Waals surface area contributed by atoms with Crippen molar-refractivity contribution < 1.29 is 28.5 Å². The number of nitrogens with one attached hydrogen (secondary N) is 1. The normalized spacial score (nSPS) is 12.7. The van der Waals surface area contributed by atoms with Gasteiger partial charge in [-0.15, -0.1) is 0 Å². The molecule has 7 heteroatoms. The van der Waals surface area contributed by atoms with Crippen molar-refractivity contribution in [2.75, 3.05) is 20.8 Å². The summed E-state index contributed by atoms with van der Waals surface area (Å²) in [5.74, 6) is 1.18. The summed E-state index contributed by atoms with van der Waals surface area (Å²) in [4.78, 5) is 24.2. The Morgan fingerprint density at radius 2 is 1.79 bits per heavy atom. The molecular formula is C26H33NO6. The molecule has 178 valence electrons. The molecule has 0 radical (unpaired) electrons. The van der Waals surface area contributed by atoms with Crippen LogP contribution in [0.5, 0.6) is 17.2 Å². The van der Waals surface area contributed by atoms with Crippen molar-refractivity contribution in [2.24, 2.45) is 0 Å². The van der Waals surface area contributed by atoms with Crippen molar-refractivity contribution in [1.29, 1.82) is 0 Å². The van der Waals surface area contributed by atoms with Crippen LogP contribution in [0.15, 0.2) is 30.3 Å². The maximum absolute atomic E-state index is 12.2. The molecule has 0 aliphatic carbocycles. The molecule has 0 atom stereocenters. The molecule has 0 spiro atoms. The fraction of sp³-hybridized carbons (Fsp3) is 0.462. The van der Waals surface area contributed by atoms with Crippen molar-refractivity contribution >= 4 is 11.9 Å². The lowest BCUT2D eigenvalue weighted by atomic mass is 9.99. The summed E-state index contributed by atoms with van der Waals surface area (Å²) in [6, 6.07) is 9.38. The number of methoxy groups -OCH3 is 2. The van der Waals surface area contributed by atoms with Gasteiger partial charge in [0.25, 0.3) is 5.91 Å². The maximum Gasteiger partial charge on any atom is 0.306 e. The molecule has 33 heavy (non-hydrogen) atoms. The molecule has 1 N–H and O–H groups in total. The number of ether oxygens (including phenoxy) is 4. The average Bonchev–Trinajstić information content (AvgIpc) is 3.16. The van der Waals surface area contributed by atoms with Crippen molar-refractivity contribution in [3.05, 3.63) is 41.5 Å². The number of carbonyl (C=O) groups excluding carboxylic acids is 2. The van der Waals surface area contributed by atoms with E-state index in [1.165, 1.54) is 0 Å². The lowest BCUT2D eigenvalue weighted by Gasteiger charge is -2.27. The zero-order chi connectivity index (χ0) is 24.0. The molecule has 1 heterocycles. The number of hydrogen-bond acceptors (Lipinski definition) is 6. The lowest BCUT2D eigenvalue weighted by Crippen LogP contribution is -2.35. The van der Waals surface area contributed by atoms with Crippen molar-refractivity contribution in [2.45, 2.75) is 58.6 Å². The van der Waals surface area contributed by atoms with Gasteiger partial charge in [0.05, 0.1) is 14.2 Å². The van der Waals surface area contributed by atoms with Crippen molar-refractivity contribution in [3.8, 4) is 28.4 Å². The summed E-state index contributed by atoms with van der Waals surface area (Å²) in [5.41, 5.74) is 2.45. The molecule has 2 aromatic carbocycles. The van der Waals surface area contributed by atoms with Crippen molar-refractivity contribution in [1.82, 2.24) is 5.32 Å². The summed E-state index contributed by atoms with van der Waals surface area (Å²) in [6.45, 7) is 6.37. The number of benzene rings is 2. The topological polar surface area (TPSA) is 83.1 Å². The molecule has 7 nitrogen and oxygen atoms in total. The van der Waals surface area contributed by atoms with E-state index in [-0.39, 0.29) is 18.5 Å². The molecule has 1 aliphatic heterocycles. The molecule has 3 rings (SSSR count). The minimum atomic E-state index is -0.830. The zero-order valence-electron chi connectivity index (χ0n) is 20.1. The van der Waals surface area contributed by atoms with Gasteiger partial charge in [-0.1, -0.05) is 25.8 Å². The van der Waals surface area contributed by atoms with Gasteiger partial charge in [0, 0.05) is 24.1 Å². The third-order valence-corrected chi connectivity index (χ3v) is 5.54. The first-order valence-corrected chi connectivity index (χ1v) is 11.3. The number of rotatable bonds is 11. The SMILES string of the molecule is CCCCCC(=O)OC(C)(C)COc1c(-c2ccc3c(c2)CNC3=O)ccc(OC)c1OC. The van der Waals surface area contributed by atoms with Gasteiger partial charge in [-0.25, -0.2) is 0 Å². The van der Waals surface area contributed by atoms with E-state index in [4.69, 9.17) is 18.9 Å². The minimum Gasteiger partial charge on any atom is -0.493 e. The number of fused-ring (bicyclic) bond motifs is 1. The van der Waals surface area contributed by atoms with Crippen LogP contribution in [0.25, 0.3) is 11.1 Å². The summed E-state index contributed by atoms with van der Waals surface area (Å²) in [7, 11) is 3.12. The third-order valence-electron chi connectivity index (χ3n) is 5.54. The predicted molar refractivity (Wildman–Crippen MR) is 126 cm³/mol. The average molecular weight is 456 g/mol. The largest absolute Gasteiger partial charge is 0.493 e. The van der Waals surface area contributed by atoms with E-state index < -0.39 is 5.60 Å². The number of carbonyl (C=O) groups is 2. The number of unbranched alkanes of at least 4 members (excludes halogenated alkanes) is 2. The summed E-state index contributed by atoms with van der Waals surface area (Å²) < 4.78 is 23.0. The summed E-state index contributed by atoms with van der Waals surface area (Å²) in [5, 5.41) is 2.84. The van der Waals surface area contributed by atoms with Crippen LogP contribution in [0.3, 0.4) is 0 Å². The van der Waals surface area contributed by atoms with Crippen LogP contribution in [-0.4, -0.2) is 38.3 Å². The van der Waals surface area contributed by atoms with E-state index in [0.29, 0.717) is 35.8 Å². The van der Waals surface area contributed by atoms with Gasteiger partial charge >= 0.3 is 5.97 Å². The lowest BCUT2D eigenvalue weighted by molar-refractivity contribution is -0.159. The van der Waals surface area contributed by atoms with Crippen LogP contribution >= 0.6 is 0 Å². The monoisotopic (exact) mass is 455 g/mol. The number of hydrogen-bond donors (Lipinski definition) is 1. The smallest absolute Gasteiger partial charge is 0.306 e. The standard InChI is InChI=1S/C26H33NO6/c1-6-7-8-9-22(28)33-26(2,3)16-32-23-19(12-13-21(30-4)24(23)31-5)17-10-11-20-18(14-17)15-27-25(20)29/h10-14H,6-9,15-16H2,1-5H3,(H,27,29). The Hall–Kier alpha value is -3.22. The Morgan fingerprint density at radius 1 is 1.03 bits per heavy atom. The van der Waals surface area contributed by atoms with Crippen LogP contribution in [0.4, 0.5) is 0 Å². The first kappa shape index (κ1) is 24.4. The quantitative estimate of drug-likeness (QED) is 0.384. The van der Waals surface area contributed by atoms with Gasteiger partial charge in [-0.3, -0.25) is 9.59 Å². The Morgan fingerprint density at radius 3 is 2.48 bits per heavy atom. The summed E-state index contributed by atoms with van der Waals surface area (Å²) in [6.07, 6.45) is 3.26. The molecule has 1 amide bonds. The molecule has 0 saturated carbocycles. The Labute approximate surface area is 195 Å². The molecule has 0 fully saturated rings. The number of amides is 1. The Bertz CT molecular complexity index is 1010. The minimum absolute atomic E-state index is 0.0668. The van der Waals surface area contributed by atoms with Crippen LogP contribution in [0.1, 0.15) is 62.4 Å². The van der Waals surface area contributed by atoms with E-state index in [1.807, 2.05) is 44.2 Å². The second kappa shape index (κ2) is 10.6. The van der Waals surface area contributed by atoms with Crippen LogP contribution in [-0.2, 0) is 16.1 Å². The van der Waals surface area contributed by atoms with Gasteiger partial charge in [0.1, 0.15) is 12.2 Å². The van der Waals surface area contributed by atoms with E-state index >= 15 is 0 Å². The fourth-order valence-electron chi connectivity index (χ4n) is 3.82. The molecule has 1 aliphatic rings. The first-order valence-electron chi connectivity index (χ1n) is 11.3. The highest BCUT2D eigenvalue weighted by molar-refractivity contribution is 5.99. The van der Waals surface area contributed by atoms with Crippen LogP contribution in [0.2, 0.25) is 0 Å². The third kappa shape index (κ3) is 5.78. The maximum atomic E-state index is 12.2. The predicted octanol–water partition coefficient (Wildman–Crippen LogP) is 4.90. The number of esters is 1. The Balaban J connectivity index is 1.87. The zero-order valence-corrected chi connectivity index (χ0v) is 20.1. The molecule has 0 saturated heterocycles. The van der Waals surface area contributed by atoms with E-state index in [2.05, 4.69) is 12.2 Å². The van der Waals surface area contributed by atoms with E-state index in [9.17, 15) is 9.59 Å². The van der Waals surface area contributed by atoms with E-state index in [0.717, 1.165) is 36.0 Å². The highest BCUT2D eigenvalue weighted by Crippen LogP contribution is 2.45. The summed E-state index contributed by atoms with van der Waals surface area (Å²) >= 11 is 0. The first-order chi connectivity index (χ1) is 15.8. The van der Waals surface area contributed by atoms with Crippen LogP contribution in [0, 0.1) is 0 Å². The van der Waals surface area contributed by atoms with Crippen LogP contribution < -0.4 is 19.5 Å². The Kier molecular flexibility index (Phi) is 7.84. The van der Waals surface area contributed by atoms with Gasteiger partial charge in [-0.05, 0) is 55.7 Å². The van der Waals surface area contributed by atoms with Gasteiger partial charge < -0.3 is 24.3 Å². The van der Waals surface area contributed by atoms with Gasteiger partial charge in [-0.2, -0.15) is 0 Å². The molecule has 2 aromatic rings. The molecule has 0 unspecified atom stereocenters. The van der Waals surface area contributed by atoms with Gasteiger partial charge in [0.2, 0.25) is 5.75 Å². The second-order valence-corrected chi connectivity index (χ2v) is 8.71. The highest BCUT2D eigenvalue weighted by atomic mass is 16.6. The van der Waals surface area contributed by atoms with E-state index in [1.54, 1.807) is 14.2 Å². The highest BCUT2D eigenvalue weighted by Gasteiger charge is 2.27.